The summed E-state index contributed by atoms with van der Waals surface area (Å²) in [6.07, 6.45) is 8.45. The van der Waals surface area contributed by atoms with Crippen LogP contribution >= 0.6 is 11.3 Å². The average molecular weight is 430 g/mol. The number of allylic oxidation sites excluding steroid dienone is 3. The van der Waals surface area contributed by atoms with E-state index in [1.54, 1.807) is 20.4 Å². The number of anilines is 1. The molecule has 0 fully saturated rings. The van der Waals surface area contributed by atoms with Crippen molar-refractivity contribution in [3.8, 4) is 17.1 Å². The fraction of sp³-hybridized carbons (Fsp3) is 0.381. The summed E-state index contributed by atoms with van der Waals surface area (Å²) in [6, 6.07) is 3.82. The maximum Gasteiger partial charge on any atom is 0.228 e. The standard InChI is InChI=1S/C21H27N5O3S/c1-5-8-15(9-6-2)29-18-16(10-7-11-22-18)17-12-30-20(25-17)26-19-23-13-21(27-3,28-4)14-24-19/h5,7-12H,6,13-14H2,1-4H3,(H2,23,24,25,26)/b8-5-,15-9+. The van der Waals surface area contributed by atoms with E-state index in [2.05, 4.69) is 32.5 Å². The minimum atomic E-state index is -0.738. The summed E-state index contributed by atoms with van der Waals surface area (Å²) >= 11 is 1.48. The molecule has 0 radical (unpaired) electrons. The molecule has 3 rings (SSSR count). The van der Waals surface area contributed by atoms with Crippen LogP contribution in [0.3, 0.4) is 0 Å². The highest BCUT2D eigenvalue weighted by molar-refractivity contribution is 7.14. The predicted molar refractivity (Wildman–Crippen MR) is 120 cm³/mol. The van der Waals surface area contributed by atoms with Crippen LogP contribution in [-0.2, 0) is 9.47 Å². The smallest absolute Gasteiger partial charge is 0.228 e. The number of thiazole rings is 1. The first-order valence-corrected chi connectivity index (χ1v) is 10.6. The molecule has 0 unspecified atom stereocenters. The lowest BCUT2D eigenvalue weighted by atomic mass is 10.2. The molecule has 0 atom stereocenters. The monoisotopic (exact) mass is 429 g/mol. The summed E-state index contributed by atoms with van der Waals surface area (Å²) in [7, 11) is 3.22. The van der Waals surface area contributed by atoms with E-state index in [1.165, 1.54) is 11.3 Å². The Morgan fingerprint density at radius 2 is 2.20 bits per heavy atom. The first-order valence-electron chi connectivity index (χ1n) is 9.70. The zero-order valence-corrected chi connectivity index (χ0v) is 18.5. The third kappa shape index (κ3) is 5.24. The van der Waals surface area contributed by atoms with Crippen molar-refractivity contribution in [2.45, 2.75) is 26.1 Å². The van der Waals surface area contributed by atoms with Crippen LogP contribution in [0.1, 0.15) is 20.3 Å². The van der Waals surface area contributed by atoms with Gasteiger partial charge in [0.15, 0.2) is 11.1 Å². The molecule has 0 spiro atoms. The van der Waals surface area contributed by atoms with Crippen molar-refractivity contribution in [1.29, 1.82) is 0 Å². The van der Waals surface area contributed by atoms with Crippen molar-refractivity contribution in [3.63, 3.8) is 0 Å². The van der Waals surface area contributed by atoms with Gasteiger partial charge in [0.2, 0.25) is 11.7 Å². The van der Waals surface area contributed by atoms with Crippen LogP contribution < -0.4 is 15.4 Å². The zero-order chi connectivity index (χ0) is 21.4. The largest absolute Gasteiger partial charge is 0.439 e. The van der Waals surface area contributed by atoms with Gasteiger partial charge in [-0.1, -0.05) is 13.0 Å². The topological polar surface area (TPSA) is 89.9 Å². The van der Waals surface area contributed by atoms with E-state index in [0.29, 0.717) is 30.1 Å². The van der Waals surface area contributed by atoms with E-state index < -0.39 is 5.79 Å². The van der Waals surface area contributed by atoms with Crippen LogP contribution in [0, 0.1) is 0 Å². The number of aromatic nitrogens is 2. The minimum Gasteiger partial charge on any atom is -0.439 e. The Morgan fingerprint density at radius 3 is 2.87 bits per heavy atom. The van der Waals surface area contributed by atoms with Crippen molar-refractivity contribution < 1.29 is 14.2 Å². The van der Waals surface area contributed by atoms with E-state index in [1.807, 2.05) is 42.7 Å². The summed E-state index contributed by atoms with van der Waals surface area (Å²) in [6.45, 7) is 4.90. The van der Waals surface area contributed by atoms with E-state index in [-0.39, 0.29) is 0 Å². The number of nitrogens with zero attached hydrogens (tertiary/aromatic N) is 3. The molecule has 9 heteroatoms. The number of hydrogen-bond acceptors (Lipinski definition) is 9. The van der Waals surface area contributed by atoms with Gasteiger partial charge in [-0.25, -0.2) is 15.0 Å². The summed E-state index contributed by atoms with van der Waals surface area (Å²) < 4.78 is 16.8. The van der Waals surface area contributed by atoms with Gasteiger partial charge in [-0.15, -0.1) is 11.3 Å². The third-order valence-electron chi connectivity index (χ3n) is 4.47. The van der Waals surface area contributed by atoms with E-state index in [0.717, 1.165) is 23.4 Å². The van der Waals surface area contributed by atoms with Gasteiger partial charge in [0.05, 0.1) is 24.3 Å². The normalized spacial score (nSPS) is 16.3. The molecule has 0 saturated heterocycles. The van der Waals surface area contributed by atoms with Gasteiger partial charge >= 0.3 is 0 Å². The van der Waals surface area contributed by atoms with Gasteiger partial charge in [0.1, 0.15) is 5.76 Å². The van der Waals surface area contributed by atoms with Gasteiger partial charge < -0.3 is 24.8 Å². The molecule has 2 aromatic rings. The second kappa shape index (κ2) is 10.3. The van der Waals surface area contributed by atoms with Crippen LogP contribution in [0.25, 0.3) is 11.3 Å². The molecule has 0 saturated carbocycles. The number of nitrogens with one attached hydrogen (secondary N) is 2. The van der Waals surface area contributed by atoms with Crippen molar-refractivity contribution in [2.75, 3.05) is 32.6 Å². The lowest BCUT2D eigenvalue weighted by Crippen LogP contribution is -2.53. The van der Waals surface area contributed by atoms with Crippen LogP contribution in [0.5, 0.6) is 5.88 Å². The molecule has 0 bridgehead atoms. The van der Waals surface area contributed by atoms with E-state index >= 15 is 0 Å². The molecule has 160 valence electrons. The van der Waals surface area contributed by atoms with Crippen LogP contribution in [0.4, 0.5) is 5.13 Å². The highest BCUT2D eigenvalue weighted by atomic mass is 32.1. The van der Waals surface area contributed by atoms with Crippen LogP contribution in [-0.4, -0.2) is 49.0 Å². The molecule has 2 N–H and O–H groups in total. The summed E-state index contributed by atoms with van der Waals surface area (Å²) in [5.41, 5.74) is 1.60. The molecule has 0 aromatic carbocycles. The Morgan fingerprint density at radius 1 is 1.37 bits per heavy atom. The van der Waals surface area contributed by atoms with Gasteiger partial charge in [-0.2, -0.15) is 0 Å². The van der Waals surface area contributed by atoms with Crippen LogP contribution in [0.2, 0.25) is 0 Å². The van der Waals surface area contributed by atoms with E-state index in [4.69, 9.17) is 14.2 Å². The van der Waals surface area contributed by atoms with E-state index in [9.17, 15) is 0 Å². The fourth-order valence-corrected chi connectivity index (χ4v) is 3.52. The lowest BCUT2D eigenvalue weighted by molar-refractivity contribution is -0.195. The van der Waals surface area contributed by atoms with Crippen LogP contribution in [0.15, 0.2) is 52.7 Å². The van der Waals surface area contributed by atoms with Crippen molar-refractivity contribution in [2.24, 2.45) is 4.99 Å². The molecule has 2 aromatic heterocycles. The Labute approximate surface area is 180 Å². The number of methoxy groups -OCH3 is 2. The van der Waals surface area contributed by atoms with Crippen molar-refractivity contribution in [3.05, 3.63) is 47.7 Å². The molecule has 30 heavy (non-hydrogen) atoms. The molecule has 3 heterocycles. The highest BCUT2D eigenvalue weighted by Crippen LogP contribution is 2.31. The third-order valence-corrected chi connectivity index (χ3v) is 5.23. The maximum atomic E-state index is 6.03. The number of pyridine rings is 1. The van der Waals surface area contributed by atoms with Gasteiger partial charge in [0.25, 0.3) is 0 Å². The van der Waals surface area contributed by atoms with Crippen molar-refractivity contribution in [1.82, 2.24) is 15.3 Å². The second-order valence-corrected chi connectivity index (χ2v) is 7.33. The number of ether oxygens (including phenoxy) is 3. The molecular weight excluding hydrogens is 402 g/mol. The number of aliphatic imine (C=N–C) groups is 1. The summed E-state index contributed by atoms with van der Waals surface area (Å²) in [5.74, 6) is 1.17. The number of rotatable bonds is 8. The maximum absolute atomic E-state index is 6.03. The Hall–Kier alpha value is -2.75. The van der Waals surface area contributed by atoms with Gasteiger partial charge in [0, 0.05) is 25.8 Å². The Kier molecular flexibility index (Phi) is 7.56. The predicted octanol–water partition coefficient (Wildman–Crippen LogP) is 3.81. The molecular formula is C21H27N5O3S. The zero-order valence-electron chi connectivity index (χ0n) is 17.6. The molecule has 8 nitrogen and oxygen atoms in total. The quantitative estimate of drug-likeness (QED) is 0.375. The Bertz CT molecular complexity index is 934. The first-order chi connectivity index (χ1) is 14.6. The highest BCUT2D eigenvalue weighted by Gasteiger charge is 2.33. The average Bonchev–Trinajstić information content (AvgIpc) is 3.23. The second-order valence-electron chi connectivity index (χ2n) is 6.47. The molecule has 1 aliphatic heterocycles. The van der Waals surface area contributed by atoms with Gasteiger partial charge in [-0.05, 0) is 37.6 Å². The summed E-state index contributed by atoms with van der Waals surface area (Å²) in [4.78, 5) is 13.5. The molecule has 0 amide bonds. The minimum absolute atomic E-state index is 0.394. The number of hydrogen-bond donors (Lipinski definition) is 2. The van der Waals surface area contributed by atoms with Crippen molar-refractivity contribution >= 4 is 22.4 Å². The Balaban J connectivity index is 1.76. The fourth-order valence-electron chi connectivity index (χ4n) is 2.81. The summed E-state index contributed by atoms with van der Waals surface area (Å²) in [5, 5.41) is 9.06. The first kappa shape index (κ1) is 21.9. The SMILES string of the molecule is C/C=C\C(=C/CC)Oc1ncccc1-c1csc(NC2=NCC(OC)(OC)CN2)n1. The molecule has 1 aliphatic rings. The lowest BCUT2D eigenvalue weighted by Gasteiger charge is -2.33. The molecule has 0 aliphatic carbocycles. The van der Waals surface area contributed by atoms with Gasteiger partial charge in [-0.3, -0.25) is 0 Å². The number of guanidine groups is 1.